The number of likely N-dealkylation sites (tertiary alicyclic amines) is 1. The molecule has 2 saturated heterocycles. The van der Waals surface area contributed by atoms with E-state index in [0.29, 0.717) is 13.1 Å². The third kappa shape index (κ3) is 17.2. The number of carbonyl (C=O) groups excluding carboxylic acids is 8. The van der Waals surface area contributed by atoms with E-state index >= 15 is 0 Å². The van der Waals surface area contributed by atoms with Gasteiger partial charge in [0, 0.05) is 60.7 Å². The maximum absolute atomic E-state index is 14.7. The molecule has 18 heteroatoms. The molecule has 8 amide bonds. The highest BCUT2D eigenvalue weighted by atomic mass is 16.5. The maximum Gasteiger partial charge on any atom is 0.248 e. The maximum atomic E-state index is 14.7. The van der Waals surface area contributed by atoms with Gasteiger partial charge in [-0.25, -0.2) is 0 Å². The lowest BCUT2D eigenvalue weighted by atomic mass is 9.98. The number of nitrogens with one attached hydrogen (secondary N) is 3. The average Bonchev–Trinajstić information content (AvgIpc) is 3.27. The molecule has 67 heavy (non-hydrogen) atoms. The van der Waals surface area contributed by atoms with Gasteiger partial charge in [0.1, 0.15) is 36.3 Å². The fraction of sp³-hybridized carbons (Fsp3) is 0.714. The molecule has 1 aromatic carbocycles. The molecule has 0 bridgehead atoms. The minimum atomic E-state index is -1.54. The van der Waals surface area contributed by atoms with Gasteiger partial charge in [-0.15, -0.1) is 0 Å². The zero-order valence-electron chi connectivity index (χ0n) is 42.1. The standard InChI is InChI=1S/C49H80N8O10/c1-31(2)26-37-43(61)50-35(47(65)57-24-17-14-18-25-57)29-41(60)53(9)23-19-22-40(59)54(10)39(28-34-20-15-13-16-21-34)45(63)52-42(33(5)58)48(66)56(12)38(27-32(3)4)44(62)51-36(46(64)55(37)11)30-67-49(6,7)8/h13,15-16,20-21,31-33,35-39,42,58H,14,17-19,22-30H2,1-12H3,(H,50,61)(H,51,62)(H,52,63)/t33-,35?,36+,37+,38+,39+,42+/m1/s1. The second kappa shape index (κ2) is 25.9. The van der Waals surface area contributed by atoms with Crippen LogP contribution in [-0.4, -0.2) is 179 Å². The van der Waals surface area contributed by atoms with Crippen LogP contribution in [-0.2, 0) is 49.5 Å². The number of carbonyl (C=O) groups is 8. The summed E-state index contributed by atoms with van der Waals surface area (Å²) in [6.45, 7) is 14.9. The van der Waals surface area contributed by atoms with Crippen LogP contribution in [0, 0.1) is 11.8 Å². The number of aliphatic hydroxyl groups excluding tert-OH is 1. The van der Waals surface area contributed by atoms with Crippen LogP contribution in [0.25, 0.3) is 0 Å². The number of hydrogen-bond donors (Lipinski definition) is 4. The fourth-order valence-corrected chi connectivity index (χ4v) is 8.28. The number of piperidine rings is 1. The molecule has 3 rings (SSSR count). The zero-order chi connectivity index (χ0) is 50.3. The highest BCUT2D eigenvalue weighted by Gasteiger charge is 2.41. The Morgan fingerprint density at radius 1 is 0.687 bits per heavy atom. The summed E-state index contributed by atoms with van der Waals surface area (Å²) in [6.07, 6.45) is 1.18. The van der Waals surface area contributed by atoms with E-state index in [1.807, 2.05) is 33.8 Å². The topological polar surface area (TPSA) is 218 Å². The monoisotopic (exact) mass is 941 g/mol. The zero-order valence-corrected chi connectivity index (χ0v) is 42.1. The molecule has 4 N–H and O–H groups in total. The summed E-state index contributed by atoms with van der Waals surface area (Å²) in [5, 5.41) is 19.4. The van der Waals surface area contributed by atoms with E-state index in [-0.39, 0.29) is 63.5 Å². The van der Waals surface area contributed by atoms with E-state index in [1.165, 1.54) is 42.8 Å². The first kappa shape index (κ1) is 56.2. The third-order valence-electron chi connectivity index (χ3n) is 12.4. The van der Waals surface area contributed by atoms with Crippen LogP contribution in [0.4, 0.5) is 0 Å². The predicted octanol–water partition coefficient (Wildman–Crippen LogP) is 2.11. The summed E-state index contributed by atoms with van der Waals surface area (Å²) in [5.74, 6) is -5.08. The number of aliphatic hydroxyl groups is 1. The molecule has 2 fully saturated rings. The van der Waals surface area contributed by atoms with Crippen LogP contribution < -0.4 is 16.0 Å². The molecule has 376 valence electrons. The molecule has 0 aromatic heterocycles. The van der Waals surface area contributed by atoms with Crippen molar-refractivity contribution in [3.63, 3.8) is 0 Å². The number of nitrogens with zero attached hydrogens (tertiary/aromatic N) is 5. The normalized spacial score (nSPS) is 25.2. The molecule has 0 aliphatic carbocycles. The first-order chi connectivity index (χ1) is 31.3. The second-order valence-corrected chi connectivity index (χ2v) is 20.2. The Kier molecular flexibility index (Phi) is 21.7. The lowest BCUT2D eigenvalue weighted by Gasteiger charge is -2.37. The molecule has 2 heterocycles. The number of amides is 8. The van der Waals surface area contributed by atoms with Crippen molar-refractivity contribution in [1.29, 1.82) is 0 Å². The third-order valence-corrected chi connectivity index (χ3v) is 12.4. The van der Waals surface area contributed by atoms with Crippen LogP contribution in [0.2, 0.25) is 0 Å². The molecular weight excluding hydrogens is 861 g/mol. The van der Waals surface area contributed by atoms with Crippen molar-refractivity contribution in [2.45, 2.75) is 161 Å². The Balaban J connectivity index is 2.18. The van der Waals surface area contributed by atoms with Crippen molar-refractivity contribution >= 4 is 47.3 Å². The van der Waals surface area contributed by atoms with Crippen LogP contribution in [0.15, 0.2) is 30.3 Å². The summed E-state index contributed by atoms with van der Waals surface area (Å²) in [4.78, 5) is 121. The van der Waals surface area contributed by atoms with Gasteiger partial charge in [0.15, 0.2) is 0 Å². The van der Waals surface area contributed by atoms with E-state index in [1.54, 1.807) is 57.0 Å². The summed E-state index contributed by atoms with van der Waals surface area (Å²) in [5.41, 5.74) is -0.0317. The number of likely N-dealkylation sites (N-methyl/N-ethyl adjacent to an activating group) is 3. The molecule has 1 unspecified atom stereocenters. The van der Waals surface area contributed by atoms with Crippen molar-refractivity contribution in [1.82, 2.24) is 40.4 Å². The largest absolute Gasteiger partial charge is 0.391 e. The van der Waals surface area contributed by atoms with Gasteiger partial charge in [0.05, 0.1) is 24.7 Å². The lowest BCUT2D eigenvalue weighted by Crippen LogP contribution is -2.62. The van der Waals surface area contributed by atoms with Crippen molar-refractivity contribution in [2.24, 2.45) is 11.8 Å². The van der Waals surface area contributed by atoms with Gasteiger partial charge in [-0.3, -0.25) is 38.4 Å². The summed E-state index contributed by atoms with van der Waals surface area (Å²) in [6, 6.07) is 1.37. The summed E-state index contributed by atoms with van der Waals surface area (Å²) < 4.78 is 6.07. The van der Waals surface area contributed by atoms with Gasteiger partial charge in [-0.05, 0) is 83.6 Å². The van der Waals surface area contributed by atoms with Crippen LogP contribution in [0.3, 0.4) is 0 Å². The Morgan fingerprint density at radius 3 is 1.76 bits per heavy atom. The number of hydrogen-bond acceptors (Lipinski definition) is 10. The van der Waals surface area contributed by atoms with E-state index in [9.17, 15) is 43.5 Å². The SMILES string of the molecule is CC(C)C[C@H]1C(=O)NC(C(=O)N2CCCCC2)CC(=O)N(C)CCCC(=O)N(C)[C@@H](Cc2ccccc2)C(=O)N[C@@H]([C@@H](C)O)C(=O)N(C)[C@@H](CC(C)C)C(=O)N[C@@H](COC(C)(C)C)C(=O)N1C. The first-order valence-electron chi connectivity index (χ1n) is 23.9. The molecule has 7 atom stereocenters. The summed E-state index contributed by atoms with van der Waals surface area (Å²) in [7, 11) is 5.86. The molecular formula is C49H80N8O10. The molecule has 2 aliphatic rings. The number of benzene rings is 1. The number of ether oxygens (including phenoxy) is 1. The Morgan fingerprint density at radius 2 is 1.22 bits per heavy atom. The minimum absolute atomic E-state index is 0.0634. The van der Waals surface area contributed by atoms with Crippen molar-refractivity contribution in [3.8, 4) is 0 Å². The molecule has 2 aliphatic heterocycles. The van der Waals surface area contributed by atoms with Gasteiger partial charge in [0.25, 0.3) is 0 Å². The van der Waals surface area contributed by atoms with Crippen molar-refractivity contribution < 1.29 is 48.2 Å². The number of rotatable bonds is 10. The second-order valence-electron chi connectivity index (χ2n) is 20.2. The fourth-order valence-electron chi connectivity index (χ4n) is 8.28. The Hall–Kier alpha value is -5.10. The van der Waals surface area contributed by atoms with Gasteiger partial charge >= 0.3 is 0 Å². The van der Waals surface area contributed by atoms with Crippen molar-refractivity contribution in [2.75, 3.05) is 54.4 Å². The van der Waals surface area contributed by atoms with Gasteiger partial charge in [-0.2, -0.15) is 0 Å². The van der Waals surface area contributed by atoms with Crippen LogP contribution in [0.5, 0.6) is 0 Å². The molecule has 1 aromatic rings. The van der Waals surface area contributed by atoms with Crippen LogP contribution in [0.1, 0.15) is 112 Å². The highest BCUT2D eigenvalue weighted by Crippen LogP contribution is 2.20. The van der Waals surface area contributed by atoms with Crippen molar-refractivity contribution in [3.05, 3.63) is 35.9 Å². The Labute approximate surface area is 398 Å². The minimum Gasteiger partial charge on any atom is -0.391 e. The Bertz CT molecular complexity index is 1850. The molecule has 18 nitrogen and oxygen atoms in total. The van der Waals surface area contributed by atoms with Gasteiger partial charge < -0.3 is 50.3 Å². The average molecular weight is 941 g/mol. The van der Waals surface area contributed by atoms with E-state index in [2.05, 4.69) is 16.0 Å². The first-order valence-corrected chi connectivity index (χ1v) is 23.9. The smallest absolute Gasteiger partial charge is 0.248 e. The quantitative estimate of drug-likeness (QED) is 0.268. The predicted molar refractivity (Wildman–Crippen MR) is 254 cm³/mol. The van der Waals surface area contributed by atoms with E-state index in [0.717, 1.165) is 29.7 Å². The lowest BCUT2D eigenvalue weighted by molar-refractivity contribution is -0.149. The van der Waals surface area contributed by atoms with Gasteiger partial charge in [-0.1, -0.05) is 58.0 Å². The highest BCUT2D eigenvalue weighted by molar-refractivity contribution is 5.98. The summed E-state index contributed by atoms with van der Waals surface area (Å²) >= 11 is 0. The van der Waals surface area contributed by atoms with E-state index < -0.39 is 95.2 Å². The van der Waals surface area contributed by atoms with E-state index in [4.69, 9.17) is 4.74 Å². The van der Waals surface area contributed by atoms with Gasteiger partial charge in [0.2, 0.25) is 47.3 Å². The molecule has 0 spiro atoms. The van der Waals surface area contributed by atoms with Crippen LogP contribution >= 0.6 is 0 Å². The molecule has 0 saturated carbocycles. The molecule has 0 radical (unpaired) electrons.